The van der Waals surface area contributed by atoms with Gasteiger partial charge in [-0.25, -0.2) is 14.4 Å². The fourth-order valence-corrected chi connectivity index (χ4v) is 3.41. The first-order chi connectivity index (χ1) is 15.8. The number of amides is 1. The molecule has 3 rings (SSSR count). The molecule has 0 saturated heterocycles. The van der Waals surface area contributed by atoms with Crippen molar-refractivity contribution in [1.82, 2.24) is 4.98 Å². The number of aromatic hydroxyl groups is 1. The van der Waals surface area contributed by atoms with E-state index in [1.807, 2.05) is 0 Å². The van der Waals surface area contributed by atoms with Crippen molar-refractivity contribution < 1.29 is 29.0 Å². The molecule has 0 aliphatic carbocycles. The van der Waals surface area contributed by atoms with Gasteiger partial charge in [-0.1, -0.05) is 6.07 Å². The molecule has 0 unspecified atom stereocenters. The predicted octanol–water partition coefficient (Wildman–Crippen LogP) is 3.97. The number of carboxylic acids is 1. The van der Waals surface area contributed by atoms with E-state index in [0.29, 0.717) is 16.8 Å². The largest absolute Gasteiger partial charge is 0.508 e. The van der Waals surface area contributed by atoms with E-state index in [9.17, 15) is 24.6 Å². The second-order valence-electron chi connectivity index (χ2n) is 8.92. The normalized spacial score (nSPS) is 12.3. The summed E-state index contributed by atoms with van der Waals surface area (Å²) in [7, 11) is 0. The Labute approximate surface area is 195 Å². The number of hydrogen-bond acceptors (Lipinski definition) is 8. The fraction of sp³-hybridized carbons (Fsp3) is 0.333. The highest BCUT2D eigenvalue weighted by Gasteiger charge is 2.22. The number of nitrogens with zero attached hydrogens (tertiary/aromatic N) is 1. The summed E-state index contributed by atoms with van der Waals surface area (Å²) in [5.74, 6) is -1.08. The summed E-state index contributed by atoms with van der Waals surface area (Å²) in [4.78, 5) is 40.9. The molecule has 180 valence electrons. The maximum atomic E-state index is 12.7. The average molecular weight is 469 g/mol. The maximum Gasteiger partial charge on any atom is 0.412 e. The second kappa shape index (κ2) is 9.42. The van der Waals surface area contributed by atoms with Crippen molar-refractivity contribution in [2.45, 2.75) is 52.7 Å². The molecule has 0 radical (unpaired) electrons. The predicted molar refractivity (Wildman–Crippen MR) is 126 cm³/mol. The molecule has 1 aromatic heterocycles. The second-order valence-corrected chi connectivity index (χ2v) is 8.92. The van der Waals surface area contributed by atoms with E-state index in [1.54, 1.807) is 46.8 Å². The minimum absolute atomic E-state index is 0.0721. The number of ether oxygens (including phenoxy) is 1. The third kappa shape index (κ3) is 5.83. The van der Waals surface area contributed by atoms with Gasteiger partial charge < -0.3 is 24.7 Å². The molecule has 34 heavy (non-hydrogen) atoms. The van der Waals surface area contributed by atoms with Crippen LogP contribution < -0.4 is 16.3 Å². The van der Waals surface area contributed by atoms with Crippen LogP contribution in [0.4, 0.5) is 16.5 Å². The molecular formula is C24H27N3O7. The van der Waals surface area contributed by atoms with Gasteiger partial charge in [-0.15, -0.1) is 0 Å². The first-order valence-electron chi connectivity index (χ1n) is 10.6. The van der Waals surface area contributed by atoms with Gasteiger partial charge in [0.15, 0.2) is 0 Å². The molecule has 0 fully saturated rings. The number of phenolic OH excluding ortho intramolecular Hbond substituents is 1. The first-order valence-corrected chi connectivity index (χ1v) is 10.6. The summed E-state index contributed by atoms with van der Waals surface area (Å²) in [5, 5.41) is 24.6. The zero-order valence-corrected chi connectivity index (χ0v) is 19.6. The van der Waals surface area contributed by atoms with Crippen molar-refractivity contribution in [2.75, 3.05) is 10.6 Å². The smallest absolute Gasteiger partial charge is 0.412 e. The lowest BCUT2D eigenvalue weighted by Gasteiger charge is -2.20. The van der Waals surface area contributed by atoms with Crippen LogP contribution >= 0.6 is 0 Å². The van der Waals surface area contributed by atoms with Gasteiger partial charge in [0.25, 0.3) is 6.01 Å². The summed E-state index contributed by atoms with van der Waals surface area (Å²) < 4.78 is 10.5. The number of carbonyl (C=O) groups is 2. The molecule has 0 aliphatic heterocycles. The number of aromatic nitrogens is 1. The highest BCUT2D eigenvalue weighted by molar-refractivity contribution is 5.93. The van der Waals surface area contributed by atoms with Crippen LogP contribution in [0.2, 0.25) is 0 Å². The zero-order chi connectivity index (χ0) is 25.2. The lowest BCUT2D eigenvalue weighted by molar-refractivity contribution is -0.137. The van der Waals surface area contributed by atoms with Crippen LogP contribution in [0.25, 0.3) is 10.9 Å². The SMILES string of the molecule is Cc1cc(O)ccc1C[C@H](Nc1nc2ccc(NC(=O)OC(C)(C)C)c(C)c2c(=O)o1)C(=O)O. The van der Waals surface area contributed by atoms with E-state index < -0.39 is 29.3 Å². The van der Waals surface area contributed by atoms with Gasteiger partial charge in [-0.3, -0.25) is 5.32 Å². The fourth-order valence-electron chi connectivity index (χ4n) is 3.41. The summed E-state index contributed by atoms with van der Waals surface area (Å²) in [6.07, 6.45) is -0.595. The maximum absolute atomic E-state index is 12.7. The van der Waals surface area contributed by atoms with Crippen molar-refractivity contribution in [3.63, 3.8) is 0 Å². The number of rotatable bonds is 6. The van der Waals surface area contributed by atoms with Gasteiger partial charge in [0.2, 0.25) is 0 Å². The van der Waals surface area contributed by atoms with E-state index >= 15 is 0 Å². The molecule has 1 heterocycles. The van der Waals surface area contributed by atoms with E-state index in [0.717, 1.165) is 5.56 Å². The number of fused-ring (bicyclic) bond motifs is 1. The average Bonchev–Trinajstić information content (AvgIpc) is 2.69. The molecular weight excluding hydrogens is 442 g/mol. The topological polar surface area (TPSA) is 151 Å². The number of phenols is 1. The van der Waals surface area contributed by atoms with Crippen molar-refractivity contribution in [1.29, 1.82) is 0 Å². The molecule has 0 bridgehead atoms. The number of carbonyl (C=O) groups excluding carboxylic acids is 1. The summed E-state index contributed by atoms with van der Waals surface area (Å²) in [6, 6.07) is 6.37. The molecule has 0 spiro atoms. The number of hydrogen-bond donors (Lipinski definition) is 4. The van der Waals surface area contributed by atoms with Crippen molar-refractivity contribution in [2.24, 2.45) is 0 Å². The number of anilines is 2. The number of carboxylic acid groups (broad SMARTS) is 1. The van der Waals surface area contributed by atoms with E-state index in [1.165, 1.54) is 18.2 Å². The van der Waals surface area contributed by atoms with E-state index in [-0.39, 0.29) is 29.1 Å². The van der Waals surface area contributed by atoms with Crippen LogP contribution in [0.1, 0.15) is 37.5 Å². The van der Waals surface area contributed by atoms with Crippen LogP contribution in [0.3, 0.4) is 0 Å². The molecule has 3 aromatic rings. The lowest BCUT2D eigenvalue weighted by Crippen LogP contribution is -2.32. The Bertz CT molecular complexity index is 1310. The van der Waals surface area contributed by atoms with Gasteiger partial charge in [0, 0.05) is 12.1 Å². The summed E-state index contributed by atoms with van der Waals surface area (Å²) >= 11 is 0. The Morgan fingerprint density at radius 2 is 1.88 bits per heavy atom. The Morgan fingerprint density at radius 1 is 1.18 bits per heavy atom. The summed E-state index contributed by atoms with van der Waals surface area (Å²) in [5.41, 5.74) is 1.08. The Morgan fingerprint density at radius 3 is 2.50 bits per heavy atom. The Hall–Kier alpha value is -4.08. The quantitative estimate of drug-likeness (QED) is 0.420. The van der Waals surface area contributed by atoms with Gasteiger partial charge in [-0.2, -0.15) is 4.98 Å². The van der Waals surface area contributed by atoms with Gasteiger partial charge in [-0.05, 0) is 75.6 Å². The highest BCUT2D eigenvalue weighted by atomic mass is 16.6. The van der Waals surface area contributed by atoms with Crippen molar-refractivity contribution >= 4 is 34.7 Å². The van der Waals surface area contributed by atoms with Crippen LogP contribution in [0.15, 0.2) is 39.5 Å². The molecule has 10 nitrogen and oxygen atoms in total. The first kappa shape index (κ1) is 24.6. The molecule has 4 N–H and O–H groups in total. The van der Waals surface area contributed by atoms with Crippen LogP contribution in [0.5, 0.6) is 5.75 Å². The van der Waals surface area contributed by atoms with Gasteiger partial charge in [0.1, 0.15) is 17.4 Å². The van der Waals surface area contributed by atoms with E-state index in [2.05, 4.69) is 15.6 Å². The summed E-state index contributed by atoms with van der Waals surface area (Å²) in [6.45, 7) is 8.60. The molecule has 1 amide bonds. The lowest BCUT2D eigenvalue weighted by atomic mass is 10.0. The minimum Gasteiger partial charge on any atom is -0.508 e. The van der Waals surface area contributed by atoms with Gasteiger partial charge >= 0.3 is 17.7 Å². The highest BCUT2D eigenvalue weighted by Crippen LogP contribution is 2.24. The number of aryl methyl sites for hydroxylation is 2. The Kier molecular flexibility index (Phi) is 6.80. The van der Waals surface area contributed by atoms with Crippen LogP contribution in [-0.4, -0.2) is 38.9 Å². The zero-order valence-electron chi connectivity index (χ0n) is 19.6. The van der Waals surface area contributed by atoms with Gasteiger partial charge in [0.05, 0.1) is 10.9 Å². The van der Waals surface area contributed by atoms with Crippen LogP contribution in [-0.2, 0) is 16.0 Å². The molecule has 10 heteroatoms. The number of aliphatic carboxylic acids is 1. The third-order valence-electron chi connectivity index (χ3n) is 5.04. The van der Waals surface area contributed by atoms with E-state index in [4.69, 9.17) is 9.15 Å². The Balaban J connectivity index is 1.88. The molecule has 2 aromatic carbocycles. The number of benzene rings is 2. The number of nitrogens with one attached hydrogen (secondary N) is 2. The molecule has 0 aliphatic rings. The van der Waals surface area contributed by atoms with Crippen LogP contribution in [0, 0.1) is 13.8 Å². The van der Waals surface area contributed by atoms with Crippen molar-refractivity contribution in [3.05, 3.63) is 57.4 Å². The minimum atomic E-state index is -1.16. The third-order valence-corrected chi connectivity index (χ3v) is 5.04. The molecule has 1 atom stereocenters. The van der Waals surface area contributed by atoms with Crippen molar-refractivity contribution in [3.8, 4) is 5.75 Å². The monoisotopic (exact) mass is 469 g/mol. The molecule has 0 saturated carbocycles. The standard InChI is InChI=1S/C24H27N3O7/c1-12-10-15(28)7-6-14(12)11-18(20(29)30)26-22-25-17-9-8-16(13(2)19(17)21(31)33-22)27-23(32)34-24(3,4)5/h6-10,18,28H,11H2,1-5H3,(H,25,26)(H,27,32)(H,29,30)/t18-/m0/s1.